The van der Waals surface area contributed by atoms with Gasteiger partial charge in [0, 0.05) is 64.7 Å². The number of aryl methyl sites for hydroxylation is 1. The summed E-state index contributed by atoms with van der Waals surface area (Å²) in [6.45, 7) is 12.4. The van der Waals surface area contributed by atoms with Crippen LogP contribution in [0.4, 0.5) is 0 Å². The minimum absolute atomic E-state index is 0.143. The number of rotatable bonds is 8. The normalized spacial score (nSPS) is 22.3. The summed E-state index contributed by atoms with van der Waals surface area (Å²) in [6.07, 6.45) is 10.4. The van der Waals surface area contributed by atoms with Gasteiger partial charge in [-0.05, 0) is 70.5 Å². The summed E-state index contributed by atoms with van der Waals surface area (Å²) in [7, 11) is 0. The van der Waals surface area contributed by atoms with E-state index in [9.17, 15) is 4.79 Å². The van der Waals surface area contributed by atoms with Crippen LogP contribution in [0.15, 0.2) is 12.3 Å². The highest BCUT2D eigenvalue weighted by Gasteiger charge is 2.29. The van der Waals surface area contributed by atoms with Gasteiger partial charge in [0.2, 0.25) is 0 Å². The number of hydrogen-bond donors (Lipinski definition) is 0. The molecule has 3 saturated heterocycles. The SMILES string of the molecule is CCn1nccc1C(=O)N1CCC(CN(CCN2CCCCC2)C2CCOCC2)CC1. The van der Waals surface area contributed by atoms with Crippen LogP contribution in [0.1, 0.15) is 62.4 Å². The van der Waals surface area contributed by atoms with Gasteiger partial charge in [0.15, 0.2) is 0 Å². The maximum atomic E-state index is 12.9. The van der Waals surface area contributed by atoms with Crippen molar-refractivity contribution in [1.82, 2.24) is 24.5 Å². The van der Waals surface area contributed by atoms with Crippen molar-refractivity contribution < 1.29 is 9.53 Å². The van der Waals surface area contributed by atoms with E-state index >= 15 is 0 Å². The number of carbonyl (C=O) groups is 1. The second kappa shape index (κ2) is 11.4. The summed E-state index contributed by atoms with van der Waals surface area (Å²) in [5.74, 6) is 0.827. The average molecular weight is 432 g/mol. The van der Waals surface area contributed by atoms with Gasteiger partial charge in [-0.15, -0.1) is 0 Å². The minimum atomic E-state index is 0.143. The molecule has 3 aliphatic heterocycles. The van der Waals surface area contributed by atoms with Crippen LogP contribution in [0, 0.1) is 5.92 Å². The van der Waals surface area contributed by atoms with Crippen LogP contribution in [-0.2, 0) is 11.3 Å². The molecule has 0 bridgehead atoms. The summed E-state index contributed by atoms with van der Waals surface area (Å²) in [5, 5.41) is 4.26. The molecule has 0 radical (unpaired) electrons. The number of nitrogens with zero attached hydrogens (tertiary/aromatic N) is 5. The topological polar surface area (TPSA) is 53.8 Å². The molecule has 1 aromatic rings. The van der Waals surface area contributed by atoms with Gasteiger partial charge in [-0.1, -0.05) is 6.42 Å². The predicted molar refractivity (Wildman–Crippen MR) is 122 cm³/mol. The number of aromatic nitrogens is 2. The van der Waals surface area contributed by atoms with E-state index in [1.54, 1.807) is 6.20 Å². The Morgan fingerprint density at radius 3 is 2.55 bits per heavy atom. The van der Waals surface area contributed by atoms with Crippen LogP contribution < -0.4 is 0 Å². The van der Waals surface area contributed by atoms with Gasteiger partial charge in [-0.2, -0.15) is 5.10 Å². The van der Waals surface area contributed by atoms with Gasteiger partial charge in [0.25, 0.3) is 5.91 Å². The summed E-state index contributed by atoms with van der Waals surface area (Å²) >= 11 is 0. The highest BCUT2D eigenvalue weighted by molar-refractivity contribution is 5.92. The number of piperidine rings is 2. The Morgan fingerprint density at radius 1 is 1.10 bits per heavy atom. The number of amides is 1. The van der Waals surface area contributed by atoms with Gasteiger partial charge in [0.05, 0.1) is 0 Å². The molecule has 0 atom stereocenters. The number of hydrogen-bond acceptors (Lipinski definition) is 5. The Balaban J connectivity index is 1.29. The van der Waals surface area contributed by atoms with Crippen molar-refractivity contribution in [3.8, 4) is 0 Å². The third-order valence-electron chi connectivity index (χ3n) is 7.49. The monoisotopic (exact) mass is 431 g/mol. The quantitative estimate of drug-likeness (QED) is 0.634. The zero-order valence-electron chi connectivity index (χ0n) is 19.4. The molecule has 7 heteroatoms. The lowest BCUT2D eigenvalue weighted by Gasteiger charge is -2.40. The molecule has 0 N–H and O–H groups in total. The Morgan fingerprint density at radius 2 is 1.84 bits per heavy atom. The molecule has 1 amide bonds. The van der Waals surface area contributed by atoms with E-state index in [0.29, 0.717) is 12.0 Å². The molecule has 174 valence electrons. The van der Waals surface area contributed by atoms with E-state index in [2.05, 4.69) is 14.9 Å². The standard InChI is InChI=1S/C24H41N5O2/c1-2-29-23(6-11-25-29)24(30)27-14-7-21(8-15-27)20-28(22-9-18-31-19-10-22)17-16-26-12-4-3-5-13-26/h6,11,21-22H,2-5,7-10,12-20H2,1H3. The van der Waals surface area contributed by atoms with Crippen LogP contribution >= 0.6 is 0 Å². The van der Waals surface area contributed by atoms with Crippen molar-refractivity contribution in [3.05, 3.63) is 18.0 Å². The Hall–Kier alpha value is -1.44. The maximum Gasteiger partial charge on any atom is 0.272 e. The first kappa shape index (κ1) is 22.7. The molecule has 0 saturated carbocycles. The van der Waals surface area contributed by atoms with E-state index in [-0.39, 0.29) is 5.91 Å². The molecule has 0 aliphatic carbocycles. The molecule has 7 nitrogen and oxygen atoms in total. The lowest BCUT2D eigenvalue weighted by atomic mass is 9.94. The zero-order chi connectivity index (χ0) is 21.5. The van der Waals surface area contributed by atoms with Crippen LogP contribution in [0.5, 0.6) is 0 Å². The second-order valence-electron chi connectivity index (χ2n) is 9.51. The summed E-state index contributed by atoms with van der Waals surface area (Å²) < 4.78 is 7.45. The fourth-order valence-electron chi connectivity index (χ4n) is 5.50. The predicted octanol–water partition coefficient (Wildman–Crippen LogP) is 2.72. The molecule has 1 aromatic heterocycles. The number of carbonyl (C=O) groups excluding carboxylic acids is 1. The highest BCUT2D eigenvalue weighted by Crippen LogP contribution is 2.24. The molecular formula is C24H41N5O2. The van der Waals surface area contributed by atoms with Crippen molar-refractivity contribution in [1.29, 1.82) is 0 Å². The van der Waals surface area contributed by atoms with Gasteiger partial charge in [0.1, 0.15) is 5.69 Å². The van der Waals surface area contributed by atoms with E-state index in [0.717, 1.165) is 51.4 Å². The van der Waals surface area contributed by atoms with Crippen molar-refractivity contribution >= 4 is 5.91 Å². The van der Waals surface area contributed by atoms with E-state index in [1.165, 1.54) is 64.8 Å². The lowest BCUT2D eigenvalue weighted by molar-refractivity contribution is 0.0184. The fraction of sp³-hybridized carbons (Fsp3) is 0.833. The lowest BCUT2D eigenvalue weighted by Crippen LogP contribution is -2.48. The van der Waals surface area contributed by atoms with E-state index in [4.69, 9.17) is 4.74 Å². The molecule has 0 aromatic carbocycles. The molecule has 0 unspecified atom stereocenters. The molecule has 4 heterocycles. The van der Waals surface area contributed by atoms with Crippen molar-refractivity contribution in [3.63, 3.8) is 0 Å². The van der Waals surface area contributed by atoms with Gasteiger partial charge in [-0.25, -0.2) is 0 Å². The molecular weight excluding hydrogens is 390 g/mol. The van der Waals surface area contributed by atoms with Crippen LogP contribution in [-0.4, -0.2) is 95.5 Å². The molecule has 0 spiro atoms. The van der Waals surface area contributed by atoms with Crippen LogP contribution in [0.2, 0.25) is 0 Å². The van der Waals surface area contributed by atoms with Crippen LogP contribution in [0.3, 0.4) is 0 Å². The fourth-order valence-corrected chi connectivity index (χ4v) is 5.50. The maximum absolute atomic E-state index is 12.9. The van der Waals surface area contributed by atoms with Gasteiger partial charge >= 0.3 is 0 Å². The molecule has 4 rings (SSSR count). The third-order valence-corrected chi connectivity index (χ3v) is 7.49. The Kier molecular flexibility index (Phi) is 8.39. The van der Waals surface area contributed by atoms with Crippen LogP contribution in [0.25, 0.3) is 0 Å². The first-order chi connectivity index (χ1) is 15.2. The number of ether oxygens (including phenoxy) is 1. The van der Waals surface area contributed by atoms with Crippen molar-refractivity contribution in [2.75, 3.05) is 59.0 Å². The smallest absolute Gasteiger partial charge is 0.272 e. The largest absolute Gasteiger partial charge is 0.381 e. The number of likely N-dealkylation sites (tertiary alicyclic amines) is 2. The first-order valence-corrected chi connectivity index (χ1v) is 12.6. The van der Waals surface area contributed by atoms with E-state index < -0.39 is 0 Å². The minimum Gasteiger partial charge on any atom is -0.381 e. The Labute approximate surface area is 187 Å². The van der Waals surface area contributed by atoms with E-state index in [1.807, 2.05) is 22.6 Å². The third kappa shape index (κ3) is 6.08. The van der Waals surface area contributed by atoms with Crippen molar-refractivity contribution in [2.24, 2.45) is 5.92 Å². The Bertz CT molecular complexity index is 673. The summed E-state index contributed by atoms with van der Waals surface area (Å²) in [4.78, 5) is 20.4. The summed E-state index contributed by atoms with van der Waals surface area (Å²) in [6, 6.07) is 2.52. The van der Waals surface area contributed by atoms with Gasteiger partial charge < -0.3 is 14.5 Å². The molecule has 3 aliphatic rings. The first-order valence-electron chi connectivity index (χ1n) is 12.6. The van der Waals surface area contributed by atoms with Crippen molar-refractivity contribution in [2.45, 2.75) is 64.5 Å². The second-order valence-corrected chi connectivity index (χ2v) is 9.51. The van der Waals surface area contributed by atoms with Gasteiger partial charge in [-0.3, -0.25) is 14.4 Å². The highest BCUT2D eigenvalue weighted by atomic mass is 16.5. The average Bonchev–Trinajstić information content (AvgIpc) is 3.32. The molecule has 31 heavy (non-hydrogen) atoms. The summed E-state index contributed by atoms with van der Waals surface area (Å²) in [5.41, 5.74) is 0.728. The zero-order valence-corrected chi connectivity index (χ0v) is 19.4. The molecule has 3 fully saturated rings.